The van der Waals surface area contributed by atoms with Crippen LogP contribution >= 0.6 is 0 Å². The first-order valence-corrected chi connectivity index (χ1v) is 9.46. The molecule has 0 saturated heterocycles. The first kappa shape index (κ1) is 21.2. The Morgan fingerprint density at radius 2 is 1.83 bits per heavy atom. The molecule has 0 bridgehead atoms. The molecule has 0 aliphatic heterocycles. The highest BCUT2D eigenvalue weighted by Crippen LogP contribution is 2.33. The summed E-state index contributed by atoms with van der Waals surface area (Å²) < 4.78 is 11.6. The van der Waals surface area contributed by atoms with E-state index in [-0.39, 0.29) is 6.61 Å². The largest absolute Gasteiger partial charge is 0.496 e. The highest BCUT2D eigenvalue weighted by molar-refractivity contribution is 5.91. The zero-order valence-corrected chi connectivity index (χ0v) is 17.3. The van der Waals surface area contributed by atoms with E-state index in [0.29, 0.717) is 11.4 Å². The minimum Gasteiger partial charge on any atom is -0.496 e. The molecule has 0 aliphatic carbocycles. The SMILES string of the molecule is COc1cc(C)ccc1-c1cccc(OCc2c(C)cccc2N(N)C(=O)NN)c1. The van der Waals surface area contributed by atoms with Gasteiger partial charge in [-0.3, -0.25) is 5.43 Å². The molecule has 3 aromatic rings. The molecule has 3 aromatic carbocycles. The van der Waals surface area contributed by atoms with Gasteiger partial charge in [0.05, 0.1) is 12.8 Å². The Morgan fingerprint density at radius 3 is 2.57 bits per heavy atom. The van der Waals surface area contributed by atoms with Crippen LogP contribution in [-0.2, 0) is 6.61 Å². The quantitative estimate of drug-likeness (QED) is 0.328. The van der Waals surface area contributed by atoms with Gasteiger partial charge in [-0.1, -0.05) is 36.4 Å². The van der Waals surface area contributed by atoms with Gasteiger partial charge in [0.2, 0.25) is 0 Å². The second kappa shape index (κ2) is 9.30. The van der Waals surface area contributed by atoms with Crippen molar-refractivity contribution in [3.8, 4) is 22.6 Å². The number of hydrogen-bond donors (Lipinski definition) is 3. The van der Waals surface area contributed by atoms with Crippen molar-refractivity contribution in [2.45, 2.75) is 20.5 Å². The fourth-order valence-corrected chi connectivity index (χ4v) is 3.23. The van der Waals surface area contributed by atoms with Gasteiger partial charge in [0.15, 0.2) is 0 Å². The number of nitrogens with two attached hydrogens (primary N) is 2. The maximum Gasteiger partial charge on any atom is 0.350 e. The summed E-state index contributed by atoms with van der Waals surface area (Å²) in [6.45, 7) is 4.20. The molecule has 0 heterocycles. The number of aryl methyl sites for hydroxylation is 2. The van der Waals surface area contributed by atoms with Crippen molar-refractivity contribution < 1.29 is 14.3 Å². The van der Waals surface area contributed by atoms with Crippen LogP contribution in [0.3, 0.4) is 0 Å². The molecule has 156 valence electrons. The van der Waals surface area contributed by atoms with Crippen LogP contribution in [0.25, 0.3) is 11.1 Å². The van der Waals surface area contributed by atoms with Crippen molar-refractivity contribution in [3.05, 3.63) is 77.4 Å². The second-order valence-corrected chi connectivity index (χ2v) is 6.91. The van der Waals surface area contributed by atoms with Crippen molar-refractivity contribution >= 4 is 11.7 Å². The smallest absolute Gasteiger partial charge is 0.350 e. The molecule has 0 aliphatic rings. The molecule has 5 N–H and O–H groups in total. The maximum atomic E-state index is 11.8. The number of nitrogens with one attached hydrogen (secondary N) is 1. The molecule has 30 heavy (non-hydrogen) atoms. The molecule has 0 radical (unpaired) electrons. The average Bonchev–Trinajstić information content (AvgIpc) is 2.77. The summed E-state index contributed by atoms with van der Waals surface area (Å²) in [4.78, 5) is 11.8. The standard InChI is InChI=1S/C23H26N4O3/c1-15-10-11-19(22(12-15)29-3)17-7-5-8-18(13-17)30-14-20-16(2)6-4-9-21(20)27(25)23(28)26-24/h4-13H,14,24-25H2,1-3H3,(H,26,28). The maximum absolute atomic E-state index is 11.8. The fourth-order valence-electron chi connectivity index (χ4n) is 3.23. The summed E-state index contributed by atoms with van der Waals surface area (Å²) in [5.74, 6) is 12.6. The summed E-state index contributed by atoms with van der Waals surface area (Å²) >= 11 is 0. The highest BCUT2D eigenvalue weighted by atomic mass is 16.5. The lowest BCUT2D eigenvalue weighted by Crippen LogP contribution is -2.48. The number of rotatable bonds is 6. The second-order valence-electron chi connectivity index (χ2n) is 6.91. The van der Waals surface area contributed by atoms with Crippen LogP contribution < -0.4 is 31.6 Å². The van der Waals surface area contributed by atoms with E-state index in [1.165, 1.54) is 0 Å². The molecule has 0 atom stereocenters. The first-order valence-electron chi connectivity index (χ1n) is 9.46. The fraction of sp³-hybridized carbons (Fsp3) is 0.174. The number of carbonyl (C=O) groups excluding carboxylic acids is 1. The average molecular weight is 406 g/mol. The summed E-state index contributed by atoms with van der Waals surface area (Å²) in [6.07, 6.45) is 0. The normalized spacial score (nSPS) is 10.4. The van der Waals surface area contributed by atoms with Gasteiger partial charge in [-0.05, 0) is 54.8 Å². The predicted molar refractivity (Wildman–Crippen MR) is 118 cm³/mol. The number of carbonyl (C=O) groups is 1. The Bertz CT molecular complexity index is 1050. The number of urea groups is 1. The molecule has 7 nitrogen and oxygen atoms in total. The topological polar surface area (TPSA) is 103 Å². The zero-order chi connectivity index (χ0) is 21.7. The van der Waals surface area contributed by atoms with Gasteiger partial charge in [0, 0.05) is 11.1 Å². The van der Waals surface area contributed by atoms with E-state index in [9.17, 15) is 4.79 Å². The molecule has 0 saturated carbocycles. The third-order valence-corrected chi connectivity index (χ3v) is 4.87. The van der Waals surface area contributed by atoms with Crippen molar-refractivity contribution in [2.75, 3.05) is 12.1 Å². The molecular formula is C23H26N4O3. The highest BCUT2D eigenvalue weighted by Gasteiger charge is 2.16. The van der Waals surface area contributed by atoms with E-state index in [1.54, 1.807) is 13.2 Å². The Balaban J connectivity index is 1.86. The monoisotopic (exact) mass is 406 g/mol. The molecule has 3 rings (SSSR count). The Kier molecular flexibility index (Phi) is 6.56. The van der Waals surface area contributed by atoms with E-state index in [1.807, 2.05) is 73.9 Å². The molecule has 0 fully saturated rings. The first-order chi connectivity index (χ1) is 14.4. The molecule has 0 aromatic heterocycles. The molecule has 0 spiro atoms. The summed E-state index contributed by atoms with van der Waals surface area (Å²) in [5, 5.41) is 0.972. The number of ether oxygens (including phenoxy) is 2. The van der Waals surface area contributed by atoms with Gasteiger partial charge in [-0.15, -0.1) is 0 Å². The van der Waals surface area contributed by atoms with Crippen LogP contribution in [0.15, 0.2) is 60.7 Å². The van der Waals surface area contributed by atoms with Gasteiger partial charge in [0.1, 0.15) is 18.1 Å². The van der Waals surface area contributed by atoms with Crippen molar-refractivity contribution in [3.63, 3.8) is 0 Å². The number of anilines is 1. The summed E-state index contributed by atoms with van der Waals surface area (Å²) in [6, 6.07) is 18.7. The van der Waals surface area contributed by atoms with Gasteiger partial charge in [-0.2, -0.15) is 0 Å². The Hall–Kier alpha value is -3.55. The van der Waals surface area contributed by atoms with Crippen LogP contribution in [0.5, 0.6) is 11.5 Å². The third kappa shape index (κ3) is 4.53. The van der Waals surface area contributed by atoms with E-state index >= 15 is 0 Å². The van der Waals surface area contributed by atoms with Crippen molar-refractivity contribution in [1.29, 1.82) is 0 Å². The lowest BCUT2D eigenvalue weighted by molar-refractivity contribution is 0.246. The lowest BCUT2D eigenvalue weighted by atomic mass is 10.0. The minimum atomic E-state index is -0.615. The van der Waals surface area contributed by atoms with Gasteiger partial charge < -0.3 is 9.47 Å². The Labute approximate surface area is 176 Å². The molecular weight excluding hydrogens is 380 g/mol. The predicted octanol–water partition coefficient (Wildman–Crippen LogP) is 3.82. The minimum absolute atomic E-state index is 0.238. The van der Waals surface area contributed by atoms with Crippen LogP contribution in [0, 0.1) is 13.8 Å². The zero-order valence-electron chi connectivity index (χ0n) is 17.3. The van der Waals surface area contributed by atoms with E-state index in [2.05, 4.69) is 0 Å². The number of amides is 2. The summed E-state index contributed by atoms with van der Waals surface area (Å²) in [7, 11) is 1.66. The van der Waals surface area contributed by atoms with Crippen molar-refractivity contribution in [1.82, 2.24) is 5.43 Å². The van der Waals surface area contributed by atoms with Crippen LogP contribution in [0.1, 0.15) is 16.7 Å². The van der Waals surface area contributed by atoms with E-state index in [4.69, 9.17) is 21.2 Å². The number of benzene rings is 3. The van der Waals surface area contributed by atoms with E-state index in [0.717, 1.165) is 38.6 Å². The Morgan fingerprint density at radius 1 is 1.07 bits per heavy atom. The molecule has 7 heteroatoms. The number of methoxy groups -OCH3 is 1. The van der Waals surface area contributed by atoms with E-state index < -0.39 is 6.03 Å². The number of hydrogen-bond acceptors (Lipinski definition) is 5. The van der Waals surface area contributed by atoms with Gasteiger partial charge >= 0.3 is 6.03 Å². The van der Waals surface area contributed by atoms with Crippen LogP contribution in [0.4, 0.5) is 10.5 Å². The molecule has 0 unspecified atom stereocenters. The summed E-state index contributed by atoms with van der Waals surface area (Å²) in [5.41, 5.74) is 7.39. The third-order valence-electron chi connectivity index (χ3n) is 4.87. The lowest BCUT2D eigenvalue weighted by Gasteiger charge is -2.21. The van der Waals surface area contributed by atoms with Gasteiger partial charge in [0.25, 0.3) is 0 Å². The van der Waals surface area contributed by atoms with Crippen LogP contribution in [0.2, 0.25) is 0 Å². The molecule has 2 amide bonds. The van der Waals surface area contributed by atoms with Crippen molar-refractivity contribution in [2.24, 2.45) is 11.7 Å². The number of nitrogens with zero attached hydrogens (tertiary/aromatic N) is 1. The van der Waals surface area contributed by atoms with Crippen LogP contribution in [-0.4, -0.2) is 13.1 Å². The van der Waals surface area contributed by atoms with Gasteiger partial charge in [-0.25, -0.2) is 21.5 Å². The number of hydrazine groups is 2.